The molecule has 0 unspecified atom stereocenters. The molecule has 86 valence electrons. The zero-order chi connectivity index (χ0) is 11.1. The van der Waals surface area contributed by atoms with E-state index in [0.29, 0.717) is 5.41 Å². The Balaban J connectivity index is 1.94. The van der Waals surface area contributed by atoms with E-state index >= 15 is 0 Å². The highest BCUT2D eigenvalue weighted by Gasteiger charge is 2.08. The number of nitrogens with zero attached hydrogens (tertiary/aromatic N) is 2. The first-order valence-electron chi connectivity index (χ1n) is 5.18. The number of hydrogen-bond donors (Lipinski definition) is 1. The minimum Gasteiger partial charge on any atom is -0.316 e. The fraction of sp³-hybridized carbons (Fsp3) is 0.800. The van der Waals surface area contributed by atoms with Gasteiger partial charge in [-0.15, -0.1) is 0 Å². The fourth-order valence-electron chi connectivity index (χ4n) is 1.03. The Morgan fingerprint density at radius 1 is 1.40 bits per heavy atom. The van der Waals surface area contributed by atoms with E-state index < -0.39 is 0 Å². The molecule has 0 spiro atoms. The minimum atomic E-state index is 0.430. The van der Waals surface area contributed by atoms with Crippen molar-refractivity contribution in [2.24, 2.45) is 5.41 Å². The van der Waals surface area contributed by atoms with Gasteiger partial charge in [0.2, 0.25) is 0 Å². The maximum absolute atomic E-state index is 4.12. The number of hydrogen-bond acceptors (Lipinski definition) is 5. The molecule has 0 radical (unpaired) electrons. The summed E-state index contributed by atoms with van der Waals surface area (Å²) in [6.45, 7) is 8.94. The Morgan fingerprint density at radius 2 is 2.20 bits per heavy atom. The Hall–Kier alpha value is -0.130. The first-order valence-corrected chi connectivity index (χ1v) is 6.94. The van der Waals surface area contributed by atoms with Crippen LogP contribution in [0.4, 0.5) is 0 Å². The summed E-state index contributed by atoms with van der Waals surface area (Å²) in [6.07, 6.45) is 2.83. The molecule has 0 aliphatic rings. The van der Waals surface area contributed by atoms with Crippen molar-refractivity contribution in [3.8, 4) is 0 Å². The molecule has 15 heavy (non-hydrogen) atoms. The van der Waals surface area contributed by atoms with Crippen LogP contribution in [0.3, 0.4) is 0 Å². The molecule has 1 rings (SSSR count). The van der Waals surface area contributed by atoms with Crippen molar-refractivity contribution in [1.82, 2.24) is 14.7 Å². The van der Waals surface area contributed by atoms with Gasteiger partial charge in [0.15, 0.2) is 4.34 Å². The zero-order valence-corrected chi connectivity index (χ0v) is 11.2. The van der Waals surface area contributed by atoms with E-state index in [1.54, 1.807) is 18.1 Å². The van der Waals surface area contributed by atoms with Crippen LogP contribution < -0.4 is 5.32 Å². The summed E-state index contributed by atoms with van der Waals surface area (Å²) in [5.74, 6) is 1.07. The average Bonchev–Trinajstić information content (AvgIpc) is 2.61. The molecule has 0 aromatic carbocycles. The van der Waals surface area contributed by atoms with Crippen LogP contribution >= 0.6 is 23.3 Å². The van der Waals surface area contributed by atoms with Crippen molar-refractivity contribution in [1.29, 1.82) is 0 Å². The summed E-state index contributed by atoms with van der Waals surface area (Å²) in [5, 5.41) is 3.44. The van der Waals surface area contributed by atoms with Crippen molar-refractivity contribution in [3.63, 3.8) is 0 Å². The smallest absolute Gasteiger partial charge is 0.169 e. The molecule has 0 saturated carbocycles. The highest BCUT2D eigenvalue weighted by Crippen LogP contribution is 2.18. The van der Waals surface area contributed by atoms with Crippen molar-refractivity contribution in [2.75, 3.05) is 18.8 Å². The molecule has 0 aliphatic carbocycles. The van der Waals surface area contributed by atoms with Crippen LogP contribution in [0.25, 0.3) is 0 Å². The zero-order valence-electron chi connectivity index (χ0n) is 9.62. The van der Waals surface area contributed by atoms with Crippen LogP contribution in [0.15, 0.2) is 10.7 Å². The third-order valence-electron chi connectivity index (χ3n) is 1.90. The maximum Gasteiger partial charge on any atom is 0.169 e. The molecule has 0 atom stereocenters. The molecule has 1 aromatic heterocycles. The molecule has 0 amide bonds. The Bertz CT molecular complexity index is 254. The van der Waals surface area contributed by atoms with Crippen LogP contribution in [-0.2, 0) is 0 Å². The molecule has 0 saturated heterocycles. The molecule has 1 heterocycles. The van der Waals surface area contributed by atoms with Crippen LogP contribution in [0.1, 0.15) is 27.2 Å². The largest absolute Gasteiger partial charge is 0.316 e. The molecule has 0 aliphatic heterocycles. The molecule has 1 N–H and O–H groups in total. The Morgan fingerprint density at radius 3 is 2.80 bits per heavy atom. The van der Waals surface area contributed by atoms with E-state index in [1.165, 1.54) is 18.0 Å². The quantitative estimate of drug-likeness (QED) is 0.617. The Kier molecular flexibility index (Phi) is 5.56. The van der Waals surface area contributed by atoms with E-state index in [4.69, 9.17) is 0 Å². The first-order chi connectivity index (χ1) is 7.08. The lowest BCUT2D eigenvalue weighted by molar-refractivity contribution is 0.369. The maximum atomic E-state index is 4.12. The van der Waals surface area contributed by atoms with Crippen LogP contribution in [-0.4, -0.2) is 28.2 Å². The molecular weight excluding hydrogens is 226 g/mol. The molecule has 0 fully saturated rings. The second-order valence-electron chi connectivity index (χ2n) is 4.62. The van der Waals surface area contributed by atoms with Gasteiger partial charge in [0.05, 0.1) is 0 Å². The lowest BCUT2D eigenvalue weighted by Crippen LogP contribution is -2.22. The molecule has 5 heteroatoms. The summed E-state index contributed by atoms with van der Waals surface area (Å²) in [5.41, 5.74) is 0.430. The van der Waals surface area contributed by atoms with Crippen molar-refractivity contribution < 1.29 is 0 Å². The van der Waals surface area contributed by atoms with Gasteiger partial charge in [-0.3, -0.25) is 0 Å². The number of nitrogens with one attached hydrogen (secondary N) is 1. The number of thioether (sulfide) groups is 1. The topological polar surface area (TPSA) is 37.8 Å². The predicted molar refractivity (Wildman–Crippen MR) is 67.6 cm³/mol. The third-order valence-corrected chi connectivity index (χ3v) is 3.70. The van der Waals surface area contributed by atoms with Crippen LogP contribution in [0, 0.1) is 5.41 Å². The van der Waals surface area contributed by atoms with Gasteiger partial charge in [0.25, 0.3) is 0 Å². The van der Waals surface area contributed by atoms with Gasteiger partial charge in [-0.2, -0.15) is 4.37 Å². The van der Waals surface area contributed by atoms with E-state index in [1.807, 2.05) is 0 Å². The standard InChI is InChI=1S/C10H19N3S2/c1-10(2,3)4-5-11-6-7-14-9-12-8-13-15-9/h8,11H,4-7H2,1-3H3. The predicted octanol–water partition coefficient (Wildman–Crippen LogP) is 2.66. The lowest BCUT2D eigenvalue weighted by atomic mass is 9.92. The van der Waals surface area contributed by atoms with Gasteiger partial charge in [0.1, 0.15) is 6.33 Å². The second-order valence-corrected chi connectivity index (χ2v) is 6.74. The summed E-state index contributed by atoms with van der Waals surface area (Å²) in [6, 6.07) is 0. The third kappa shape index (κ3) is 6.87. The molecule has 0 bridgehead atoms. The number of aromatic nitrogens is 2. The van der Waals surface area contributed by atoms with E-state index in [-0.39, 0.29) is 0 Å². The summed E-state index contributed by atoms with van der Waals surface area (Å²) in [4.78, 5) is 4.12. The van der Waals surface area contributed by atoms with Gasteiger partial charge in [0, 0.05) is 12.3 Å². The Labute approximate surface area is 100 Å². The first kappa shape index (κ1) is 12.9. The van der Waals surface area contributed by atoms with Gasteiger partial charge in [-0.25, -0.2) is 4.98 Å². The van der Waals surface area contributed by atoms with Gasteiger partial charge in [-0.1, -0.05) is 32.5 Å². The van der Waals surface area contributed by atoms with Crippen molar-refractivity contribution >= 4 is 23.3 Å². The van der Waals surface area contributed by atoms with Crippen LogP contribution in [0.2, 0.25) is 0 Å². The average molecular weight is 245 g/mol. The second kappa shape index (κ2) is 6.45. The highest BCUT2D eigenvalue weighted by molar-refractivity contribution is 8.00. The summed E-state index contributed by atoms with van der Waals surface area (Å²) >= 11 is 3.23. The van der Waals surface area contributed by atoms with Crippen molar-refractivity contribution in [3.05, 3.63) is 6.33 Å². The van der Waals surface area contributed by atoms with Crippen molar-refractivity contribution in [2.45, 2.75) is 31.5 Å². The van der Waals surface area contributed by atoms with E-state index in [2.05, 4.69) is 35.4 Å². The van der Waals surface area contributed by atoms with Gasteiger partial charge >= 0.3 is 0 Å². The normalized spacial score (nSPS) is 11.9. The summed E-state index contributed by atoms with van der Waals surface area (Å²) in [7, 11) is 0. The monoisotopic (exact) mass is 245 g/mol. The van der Waals surface area contributed by atoms with E-state index in [0.717, 1.165) is 23.2 Å². The minimum absolute atomic E-state index is 0.430. The van der Waals surface area contributed by atoms with Crippen LogP contribution in [0.5, 0.6) is 0 Å². The summed E-state index contributed by atoms with van der Waals surface area (Å²) < 4.78 is 5.02. The fourth-order valence-corrected chi connectivity index (χ4v) is 2.44. The number of rotatable bonds is 6. The molecule has 3 nitrogen and oxygen atoms in total. The van der Waals surface area contributed by atoms with E-state index in [9.17, 15) is 0 Å². The molecular formula is C10H19N3S2. The van der Waals surface area contributed by atoms with Gasteiger partial charge in [-0.05, 0) is 29.9 Å². The van der Waals surface area contributed by atoms with Gasteiger partial charge < -0.3 is 5.32 Å². The highest BCUT2D eigenvalue weighted by atomic mass is 32.2. The molecule has 1 aromatic rings. The SMILES string of the molecule is CC(C)(C)CCNCCSc1ncns1. The lowest BCUT2D eigenvalue weighted by Gasteiger charge is -2.17.